The summed E-state index contributed by atoms with van der Waals surface area (Å²) in [6.07, 6.45) is -3.63. The van der Waals surface area contributed by atoms with Crippen LogP contribution in [0.4, 0.5) is 0 Å². The summed E-state index contributed by atoms with van der Waals surface area (Å²) in [6.45, 7) is 2.08. The van der Waals surface area contributed by atoms with E-state index < -0.39 is 30.5 Å². The third-order valence-corrected chi connectivity index (χ3v) is 3.34. The van der Waals surface area contributed by atoms with Crippen LogP contribution in [0.3, 0.4) is 0 Å². The molecule has 7 atom stereocenters. The lowest BCUT2D eigenvalue weighted by Gasteiger charge is -2.25. The Balaban J connectivity index is 2.04. The van der Waals surface area contributed by atoms with Crippen LogP contribution >= 0.6 is 0 Å². The predicted octanol–water partition coefficient (Wildman–Crippen LogP) is -1.70. The molecule has 2 aliphatic rings. The second-order valence-electron chi connectivity index (χ2n) is 4.05. The first-order chi connectivity index (χ1) is 6.59. The molecule has 0 amide bonds. The molecule has 0 aromatic rings. The van der Waals surface area contributed by atoms with E-state index in [1.54, 1.807) is 6.92 Å². The van der Waals surface area contributed by atoms with Gasteiger partial charge in [0.1, 0.15) is 0 Å². The van der Waals surface area contributed by atoms with E-state index in [2.05, 4.69) is 0 Å². The SMILES string of the molecule is CCO[C@@H](O)C1C2C(O)C2[C@@H](O)C1O. The zero-order valence-electron chi connectivity index (χ0n) is 7.95. The minimum absolute atomic E-state index is 0.221. The van der Waals surface area contributed by atoms with Gasteiger partial charge in [-0.25, -0.2) is 0 Å². The second-order valence-corrected chi connectivity index (χ2v) is 4.05. The molecule has 5 unspecified atom stereocenters. The third kappa shape index (κ3) is 1.28. The largest absolute Gasteiger partial charge is 0.392 e. The highest BCUT2D eigenvalue weighted by atomic mass is 16.6. The fourth-order valence-electron chi connectivity index (χ4n) is 2.58. The molecule has 2 rings (SSSR count). The fourth-order valence-corrected chi connectivity index (χ4v) is 2.58. The maximum atomic E-state index is 9.57. The molecule has 0 radical (unpaired) electrons. The van der Waals surface area contributed by atoms with Gasteiger partial charge >= 0.3 is 0 Å². The molecule has 82 valence electrons. The molecule has 5 heteroatoms. The normalized spacial score (nSPS) is 52.9. The summed E-state index contributed by atoms with van der Waals surface area (Å²) < 4.78 is 4.96. The first-order valence-corrected chi connectivity index (χ1v) is 4.93. The molecule has 14 heavy (non-hydrogen) atoms. The smallest absolute Gasteiger partial charge is 0.160 e. The molecule has 2 fully saturated rings. The quantitative estimate of drug-likeness (QED) is 0.411. The van der Waals surface area contributed by atoms with Crippen molar-refractivity contribution in [2.45, 2.75) is 31.5 Å². The maximum absolute atomic E-state index is 9.57. The van der Waals surface area contributed by atoms with Gasteiger partial charge in [-0.15, -0.1) is 0 Å². The molecule has 2 saturated carbocycles. The fraction of sp³-hybridized carbons (Fsp3) is 1.00. The van der Waals surface area contributed by atoms with Crippen LogP contribution in [0.1, 0.15) is 6.92 Å². The molecule has 0 aliphatic heterocycles. The van der Waals surface area contributed by atoms with Gasteiger partial charge in [-0.2, -0.15) is 0 Å². The number of rotatable bonds is 3. The molecule has 0 heterocycles. The van der Waals surface area contributed by atoms with E-state index in [4.69, 9.17) is 4.74 Å². The summed E-state index contributed by atoms with van der Waals surface area (Å²) in [7, 11) is 0. The second kappa shape index (κ2) is 3.43. The number of hydrogen-bond donors (Lipinski definition) is 4. The van der Waals surface area contributed by atoms with Gasteiger partial charge in [-0.1, -0.05) is 0 Å². The van der Waals surface area contributed by atoms with Crippen molar-refractivity contribution in [3.8, 4) is 0 Å². The van der Waals surface area contributed by atoms with E-state index in [0.717, 1.165) is 0 Å². The van der Waals surface area contributed by atoms with E-state index in [-0.39, 0.29) is 11.8 Å². The van der Waals surface area contributed by atoms with Crippen molar-refractivity contribution in [3.63, 3.8) is 0 Å². The van der Waals surface area contributed by atoms with E-state index in [1.165, 1.54) is 0 Å². The first kappa shape index (κ1) is 10.3. The molecule has 0 aromatic heterocycles. The maximum Gasteiger partial charge on any atom is 0.160 e. The van der Waals surface area contributed by atoms with Crippen LogP contribution in [0.2, 0.25) is 0 Å². The van der Waals surface area contributed by atoms with Gasteiger partial charge in [0, 0.05) is 24.4 Å². The Bertz CT molecular complexity index is 221. The van der Waals surface area contributed by atoms with Gasteiger partial charge in [0.05, 0.1) is 18.3 Å². The minimum atomic E-state index is -1.10. The predicted molar refractivity (Wildman–Crippen MR) is 46.1 cm³/mol. The summed E-state index contributed by atoms with van der Waals surface area (Å²) >= 11 is 0. The van der Waals surface area contributed by atoms with Gasteiger partial charge in [-0.3, -0.25) is 0 Å². The number of ether oxygens (including phenoxy) is 1. The van der Waals surface area contributed by atoms with Crippen LogP contribution < -0.4 is 0 Å². The van der Waals surface area contributed by atoms with Crippen LogP contribution in [-0.4, -0.2) is 51.6 Å². The number of hydrogen-bond acceptors (Lipinski definition) is 5. The monoisotopic (exact) mass is 204 g/mol. The summed E-state index contributed by atoms with van der Waals surface area (Å²) in [4.78, 5) is 0. The zero-order chi connectivity index (χ0) is 10.5. The van der Waals surface area contributed by atoms with Crippen LogP contribution in [0, 0.1) is 17.8 Å². The van der Waals surface area contributed by atoms with Gasteiger partial charge in [-0.05, 0) is 6.92 Å². The molecule has 5 nitrogen and oxygen atoms in total. The molecular weight excluding hydrogens is 188 g/mol. The Morgan fingerprint density at radius 2 is 1.71 bits per heavy atom. The van der Waals surface area contributed by atoms with Gasteiger partial charge in [0.15, 0.2) is 6.29 Å². The highest BCUT2D eigenvalue weighted by Crippen LogP contribution is 2.56. The van der Waals surface area contributed by atoms with Gasteiger partial charge < -0.3 is 25.2 Å². The van der Waals surface area contributed by atoms with Crippen LogP contribution in [0.5, 0.6) is 0 Å². The highest BCUT2D eigenvalue weighted by molar-refractivity contribution is 5.15. The average Bonchev–Trinajstić information content (AvgIpc) is 2.67. The highest BCUT2D eigenvalue weighted by Gasteiger charge is 2.68. The summed E-state index contributed by atoms with van der Waals surface area (Å²) in [5, 5.41) is 38.0. The molecule has 4 N–H and O–H groups in total. The van der Waals surface area contributed by atoms with Gasteiger partial charge in [0.2, 0.25) is 0 Å². The van der Waals surface area contributed by atoms with E-state index in [9.17, 15) is 20.4 Å². The van der Waals surface area contributed by atoms with Crippen molar-refractivity contribution in [3.05, 3.63) is 0 Å². The van der Waals surface area contributed by atoms with E-state index >= 15 is 0 Å². The lowest BCUT2D eigenvalue weighted by molar-refractivity contribution is -0.168. The molecule has 0 saturated heterocycles. The van der Waals surface area contributed by atoms with E-state index in [1.807, 2.05) is 0 Å². The van der Waals surface area contributed by atoms with Crippen LogP contribution in [0.25, 0.3) is 0 Å². The molecular formula is C9H16O5. The summed E-state index contributed by atoms with van der Waals surface area (Å²) in [6, 6.07) is 0. The number of aliphatic hydroxyl groups excluding tert-OH is 4. The van der Waals surface area contributed by atoms with Crippen molar-refractivity contribution in [1.82, 2.24) is 0 Å². The minimum Gasteiger partial charge on any atom is -0.392 e. The van der Waals surface area contributed by atoms with Gasteiger partial charge in [0.25, 0.3) is 0 Å². The topological polar surface area (TPSA) is 90.2 Å². The summed E-state index contributed by atoms with van der Waals surface area (Å²) in [5.74, 6) is -1.07. The number of fused-ring (bicyclic) bond motifs is 1. The Hall–Kier alpha value is -0.200. The lowest BCUT2D eigenvalue weighted by Crippen LogP contribution is -2.40. The van der Waals surface area contributed by atoms with Crippen LogP contribution in [-0.2, 0) is 4.74 Å². The molecule has 2 aliphatic carbocycles. The zero-order valence-corrected chi connectivity index (χ0v) is 7.95. The number of aliphatic hydroxyl groups is 4. The lowest BCUT2D eigenvalue weighted by atomic mass is 9.98. The van der Waals surface area contributed by atoms with E-state index in [0.29, 0.717) is 6.61 Å². The Morgan fingerprint density at radius 3 is 2.21 bits per heavy atom. The summed E-state index contributed by atoms with van der Waals surface area (Å²) in [5.41, 5.74) is 0. The van der Waals surface area contributed by atoms with Crippen LogP contribution in [0.15, 0.2) is 0 Å². The third-order valence-electron chi connectivity index (χ3n) is 3.34. The molecule has 0 aromatic carbocycles. The first-order valence-electron chi connectivity index (χ1n) is 4.93. The van der Waals surface area contributed by atoms with Crippen molar-refractivity contribution >= 4 is 0 Å². The van der Waals surface area contributed by atoms with Crippen molar-refractivity contribution in [2.75, 3.05) is 6.61 Å². The van der Waals surface area contributed by atoms with Crippen molar-refractivity contribution in [1.29, 1.82) is 0 Å². The molecule has 0 spiro atoms. The average molecular weight is 204 g/mol. The Kier molecular flexibility index (Phi) is 2.53. The standard InChI is InChI=1S/C9H16O5/c1-2-14-9(13)5-3-4(6(3)10)7(11)8(5)12/h3-13H,2H2,1H3/t3?,4?,5?,6?,7-,8?,9-/m1/s1. The Labute approximate surface area is 81.9 Å². The van der Waals surface area contributed by atoms with Crippen molar-refractivity contribution in [2.24, 2.45) is 17.8 Å². The van der Waals surface area contributed by atoms with Crippen molar-refractivity contribution < 1.29 is 25.2 Å². The molecule has 0 bridgehead atoms. The Morgan fingerprint density at radius 1 is 1.07 bits per heavy atom.